The van der Waals surface area contributed by atoms with E-state index in [2.05, 4.69) is 0 Å². The summed E-state index contributed by atoms with van der Waals surface area (Å²) in [7, 11) is 0. The molecule has 1 aromatic carbocycles. The van der Waals surface area contributed by atoms with Gasteiger partial charge in [0.2, 0.25) is 5.91 Å². The van der Waals surface area contributed by atoms with Gasteiger partial charge < -0.3 is 21.1 Å². The first-order valence-electron chi connectivity index (χ1n) is 6.95. The predicted molar refractivity (Wildman–Crippen MR) is 83.1 cm³/mol. The second-order valence-corrected chi connectivity index (χ2v) is 5.23. The van der Waals surface area contributed by atoms with Crippen LogP contribution < -0.4 is 16.4 Å². The third kappa shape index (κ3) is 4.98. The Morgan fingerprint density at radius 3 is 2.52 bits per heavy atom. The molecule has 0 atom stereocenters. The van der Waals surface area contributed by atoms with Crippen LogP contribution in [0.25, 0.3) is 0 Å². The normalized spacial score (nSPS) is 10.5. The van der Waals surface area contributed by atoms with E-state index in [4.69, 9.17) is 16.2 Å². The molecular formula is C15H23N3O3. The van der Waals surface area contributed by atoms with Crippen LogP contribution in [0.3, 0.4) is 0 Å². The van der Waals surface area contributed by atoms with Crippen LogP contribution in [0.2, 0.25) is 0 Å². The van der Waals surface area contributed by atoms with Gasteiger partial charge >= 0.3 is 5.97 Å². The lowest BCUT2D eigenvalue weighted by Crippen LogP contribution is -2.36. The molecule has 0 aromatic heterocycles. The van der Waals surface area contributed by atoms with Crippen LogP contribution in [0.15, 0.2) is 18.2 Å². The summed E-state index contributed by atoms with van der Waals surface area (Å²) < 4.78 is 4.97. The summed E-state index contributed by atoms with van der Waals surface area (Å²) in [5.41, 5.74) is 12.8. The molecule has 21 heavy (non-hydrogen) atoms. The van der Waals surface area contributed by atoms with Crippen LogP contribution in [-0.4, -0.2) is 31.6 Å². The quantitative estimate of drug-likeness (QED) is 0.584. The van der Waals surface area contributed by atoms with Crippen molar-refractivity contribution in [1.29, 1.82) is 0 Å². The number of carbonyl (C=O) groups is 2. The van der Waals surface area contributed by atoms with Gasteiger partial charge in [-0.1, -0.05) is 13.8 Å². The first-order chi connectivity index (χ1) is 9.85. The van der Waals surface area contributed by atoms with E-state index in [1.807, 2.05) is 13.8 Å². The van der Waals surface area contributed by atoms with Gasteiger partial charge in [-0.15, -0.1) is 0 Å². The maximum atomic E-state index is 11.8. The molecule has 0 saturated heterocycles. The van der Waals surface area contributed by atoms with Crippen molar-refractivity contribution in [3.63, 3.8) is 0 Å². The summed E-state index contributed by atoms with van der Waals surface area (Å²) in [6, 6.07) is 4.88. The van der Waals surface area contributed by atoms with Crippen LogP contribution >= 0.6 is 0 Å². The summed E-state index contributed by atoms with van der Waals surface area (Å²) in [6.07, 6.45) is 0. The average molecular weight is 293 g/mol. The number of hydrogen-bond donors (Lipinski definition) is 2. The van der Waals surface area contributed by atoms with Crippen molar-refractivity contribution in [1.82, 2.24) is 0 Å². The molecule has 6 heteroatoms. The predicted octanol–water partition coefficient (Wildman–Crippen LogP) is 1.39. The number of rotatable bonds is 7. The Morgan fingerprint density at radius 2 is 2.00 bits per heavy atom. The molecule has 0 saturated carbocycles. The molecule has 0 aliphatic carbocycles. The number of nitrogens with zero attached hydrogens (tertiary/aromatic N) is 1. The minimum Gasteiger partial charge on any atom is -0.462 e. The zero-order valence-electron chi connectivity index (χ0n) is 12.8. The molecule has 1 aromatic rings. The Kier molecular flexibility index (Phi) is 6.02. The van der Waals surface area contributed by atoms with Crippen LogP contribution in [0.4, 0.5) is 11.4 Å². The van der Waals surface area contributed by atoms with E-state index in [-0.39, 0.29) is 6.54 Å². The summed E-state index contributed by atoms with van der Waals surface area (Å²) in [4.78, 5) is 24.8. The van der Waals surface area contributed by atoms with E-state index < -0.39 is 11.9 Å². The van der Waals surface area contributed by atoms with Crippen LogP contribution in [0.5, 0.6) is 0 Å². The Morgan fingerprint density at radius 1 is 1.33 bits per heavy atom. The van der Waals surface area contributed by atoms with Gasteiger partial charge in [0.25, 0.3) is 0 Å². The molecule has 0 fully saturated rings. The van der Waals surface area contributed by atoms with Gasteiger partial charge in [0.05, 0.1) is 30.1 Å². The van der Waals surface area contributed by atoms with Gasteiger partial charge in [-0.3, -0.25) is 4.79 Å². The highest BCUT2D eigenvalue weighted by Gasteiger charge is 2.17. The molecule has 0 unspecified atom stereocenters. The molecule has 1 rings (SSSR count). The second-order valence-electron chi connectivity index (χ2n) is 5.23. The van der Waals surface area contributed by atoms with Crippen LogP contribution in [0.1, 0.15) is 31.1 Å². The summed E-state index contributed by atoms with van der Waals surface area (Å²) >= 11 is 0. The van der Waals surface area contributed by atoms with Crippen molar-refractivity contribution >= 4 is 23.3 Å². The molecule has 0 spiro atoms. The van der Waals surface area contributed by atoms with Crippen molar-refractivity contribution < 1.29 is 14.3 Å². The van der Waals surface area contributed by atoms with Crippen LogP contribution in [0, 0.1) is 5.92 Å². The van der Waals surface area contributed by atoms with Gasteiger partial charge in [-0.2, -0.15) is 0 Å². The highest BCUT2D eigenvalue weighted by Crippen LogP contribution is 2.25. The third-order valence-corrected chi connectivity index (χ3v) is 2.81. The number of hydrogen-bond acceptors (Lipinski definition) is 5. The largest absolute Gasteiger partial charge is 0.462 e. The Labute approximate surface area is 125 Å². The third-order valence-electron chi connectivity index (χ3n) is 2.81. The molecule has 0 heterocycles. The van der Waals surface area contributed by atoms with Gasteiger partial charge in [-0.05, 0) is 31.0 Å². The van der Waals surface area contributed by atoms with Crippen molar-refractivity contribution in [2.45, 2.75) is 20.8 Å². The Bertz CT molecular complexity index is 515. The summed E-state index contributed by atoms with van der Waals surface area (Å²) in [6.45, 7) is 6.76. The Balaban J connectivity index is 3.13. The molecule has 0 aliphatic heterocycles. The lowest BCUT2D eigenvalue weighted by atomic mass is 10.1. The number of primary amides is 1. The lowest BCUT2D eigenvalue weighted by Gasteiger charge is -2.27. The maximum Gasteiger partial charge on any atom is 0.338 e. The average Bonchev–Trinajstić information content (AvgIpc) is 2.37. The number of amides is 1. The highest BCUT2D eigenvalue weighted by molar-refractivity contribution is 5.92. The van der Waals surface area contributed by atoms with E-state index in [9.17, 15) is 9.59 Å². The van der Waals surface area contributed by atoms with Gasteiger partial charge in [0.15, 0.2) is 0 Å². The zero-order valence-corrected chi connectivity index (χ0v) is 12.8. The lowest BCUT2D eigenvalue weighted by molar-refractivity contribution is -0.116. The van der Waals surface area contributed by atoms with Crippen molar-refractivity contribution in [3.05, 3.63) is 23.8 Å². The highest BCUT2D eigenvalue weighted by atomic mass is 16.5. The van der Waals surface area contributed by atoms with Gasteiger partial charge in [0.1, 0.15) is 0 Å². The molecule has 0 aliphatic rings. The number of ether oxygens (including phenoxy) is 1. The summed E-state index contributed by atoms with van der Waals surface area (Å²) in [5.74, 6) is -0.547. The minimum atomic E-state index is -0.448. The molecule has 6 nitrogen and oxygen atoms in total. The zero-order chi connectivity index (χ0) is 16.0. The van der Waals surface area contributed by atoms with E-state index >= 15 is 0 Å². The van der Waals surface area contributed by atoms with Crippen molar-refractivity contribution in [2.75, 3.05) is 30.3 Å². The first kappa shape index (κ1) is 16.8. The maximum absolute atomic E-state index is 11.8. The number of esters is 1. The number of benzene rings is 1. The number of nitrogens with two attached hydrogens (primary N) is 2. The topological polar surface area (TPSA) is 98.7 Å². The fourth-order valence-electron chi connectivity index (χ4n) is 2.04. The summed E-state index contributed by atoms with van der Waals surface area (Å²) in [5, 5.41) is 0. The number of carbonyl (C=O) groups excluding carboxylic acids is 2. The Hall–Kier alpha value is -2.24. The van der Waals surface area contributed by atoms with Gasteiger partial charge in [-0.25, -0.2) is 4.79 Å². The van der Waals surface area contributed by atoms with Crippen LogP contribution in [-0.2, 0) is 9.53 Å². The van der Waals surface area contributed by atoms with E-state index in [1.54, 1.807) is 30.0 Å². The molecule has 116 valence electrons. The van der Waals surface area contributed by atoms with Gasteiger partial charge in [0, 0.05) is 6.54 Å². The van der Waals surface area contributed by atoms with E-state index in [0.717, 1.165) is 0 Å². The molecule has 1 amide bonds. The molecule has 4 N–H and O–H groups in total. The molecule has 0 radical (unpaired) electrons. The minimum absolute atomic E-state index is 0.0503. The SMILES string of the molecule is CCOC(=O)c1ccc(N)c(N(CC(N)=O)CC(C)C)c1. The second kappa shape index (κ2) is 7.52. The van der Waals surface area contributed by atoms with E-state index in [0.29, 0.717) is 36.0 Å². The fraction of sp³-hybridized carbons (Fsp3) is 0.467. The molecular weight excluding hydrogens is 270 g/mol. The monoisotopic (exact) mass is 293 g/mol. The van der Waals surface area contributed by atoms with E-state index in [1.165, 1.54) is 0 Å². The standard InChI is InChI=1S/C15H23N3O3/c1-4-21-15(20)11-5-6-12(16)13(7-11)18(8-10(2)3)9-14(17)19/h5-7,10H,4,8-9,16H2,1-3H3,(H2,17,19). The molecule has 0 bridgehead atoms. The number of anilines is 2. The fourth-order valence-corrected chi connectivity index (χ4v) is 2.04. The smallest absolute Gasteiger partial charge is 0.338 e. The van der Waals surface area contributed by atoms with Crippen molar-refractivity contribution in [2.24, 2.45) is 11.7 Å². The first-order valence-corrected chi connectivity index (χ1v) is 6.95. The van der Waals surface area contributed by atoms with Crippen molar-refractivity contribution in [3.8, 4) is 0 Å². The number of nitrogen functional groups attached to an aromatic ring is 1.